The fraction of sp³-hybridized carbons (Fsp3) is 0.484. The summed E-state index contributed by atoms with van der Waals surface area (Å²) in [6, 6.07) is 11.4. The Hall–Kier alpha value is -4.03. The van der Waals surface area contributed by atoms with Gasteiger partial charge in [0.2, 0.25) is 5.91 Å². The molecular formula is C31H39FN2O9. The third-order valence-corrected chi connectivity index (χ3v) is 7.77. The van der Waals surface area contributed by atoms with Crippen molar-refractivity contribution in [3.8, 4) is 5.75 Å². The maximum atomic E-state index is 14.6. The Bertz CT molecular complexity index is 1320. The zero-order valence-corrected chi connectivity index (χ0v) is 24.4. The summed E-state index contributed by atoms with van der Waals surface area (Å²) in [5.41, 5.74) is 1.31. The third kappa shape index (κ3) is 8.74. The monoisotopic (exact) mass is 602 g/mol. The van der Waals surface area contributed by atoms with Crippen LogP contribution in [-0.4, -0.2) is 74.4 Å². The molecule has 1 heterocycles. The van der Waals surface area contributed by atoms with Gasteiger partial charge in [0.15, 0.2) is 5.60 Å². The second kappa shape index (κ2) is 14.4. The molecule has 0 atom stereocenters. The average molecular weight is 603 g/mol. The highest BCUT2D eigenvalue weighted by atomic mass is 19.1. The molecule has 12 heteroatoms. The Morgan fingerprint density at radius 2 is 1.58 bits per heavy atom. The smallest absolute Gasteiger partial charge is 0.336 e. The predicted molar refractivity (Wildman–Crippen MR) is 153 cm³/mol. The molecule has 1 amide bonds. The lowest BCUT2D eigenvalue weighted by molar-refractivity contribution is -0.170. The number of benzene rings is 2. The molecular weight excluding hydrogens is 563 g/mol. The number of hydrogen-bond donors (Lipinski definition) is 5. The van der Waals surface area contributed by atoms with E-state index in [1.165, 1.54) is 36.1 Å². The molecule has 4 rings (SSSR count). The van der Waals surface area contributed by atoms with Crippen molar-refractivity contribution in [1.82, 2.24) is 10.2 Å². The van der Waals surface area contributed by atoms with Crippen LogP contribution in [0, 0.1) is 5.82 Å². The summed E-state index contributed by atoms with van der Waals surface area (Å²) in [6.45, 7) is 6.58. The van der Waals surface area contributed by atoms with Gasteiger partial charge >= 0.3 is 17.9 Å². The number of carboxylic acids is 3. The van der Waals surface area contributed by atoms with Crippen LogP contribution >= 0.6 is 0 Å². The van der Waals surface area contributed by atoms with Gasteiger partial charge in [-0.3, -0.25) is 19.3 Å². The number of amides is 1. The van der Waals surface area contributed by atoms with Crippen LogP contribution in [0.1, 0.15) is 68.2 Å². The number of aliphatic hydroxyl groups is 1. The first-order valence-electron chi connectivity index (χ1n) is 14.2. The molecule has 2 aromatic rings. The number of halogens is 1. The summed E-state index contributed by atoms with van der Waals surface area (Å²) in [4.78, 5) is 44.8. The van der Waals surface area contributed by atoms with Gasteiger partial charge in [0.05, 0.1) is 25.0 Å². The van der Waals surface area contributed by atoms with Crippen LogP contribution < -0.4 is 10.1 Å². The number of ether oxygens (including phenoxy) is 1. The average Bonchev–Trinajstić information content (AvgIpc) is 3.37. The molecule has 1 aliphatic heterocycles. The van der Waals surface area contributed by atoms with E-state index in [0.717, 1.165) is 38.2 Å². The number of carbonyl (C=O) groups excluding carboxylic acids is 1. The lowest BCUT2D eigenvalue weighted by atomic mass is 9.80. The Balaban J connectivity index is 0.000000331. The number of nitrogens with zero attached hydrogens (tertiary/aromatic N) is 1. The van der Waals surface area contributed by atoms with E-state index < -0.39 is 41.9 Å². The minimum Gasteiger partial charge on any atom is -0.494 e. The summed E-state index contributed by atoms with van der Waals surface area (Å²) < 4.78 is 20.5. The first-order valence-corrected chi connectivity index (χ1v) is 14.2. The van der Waals surface area contributed by atoms with Crippen LogP contribution in [0.15, 0.2) is 36.4 Å². The topological polar surface area (TPSA) is 174 Å². The first-order chi connectivity index (χ1) is 20.3. The van der Waals surface area contributed by atoms with Crippen molar-refractivity contribution in [2.45, 2.75) is 76.5 Å². The van der Waals surface area contributed by atoms with E-state index in [1.807, 2.05) is 13.0 Å². The summed E-state index contributed by atoms with van der Waals surface area (Å²) in [7, 11) is 0. The molecule has 11 nitrogen and oxygen atoms in total. The lowest BCUT2D eigenvalue weighted by Gasteiger charge is -2.43. The van der Waals surface area contributed by atoms with Gasteiger partial charge in [0, 0.05) is 37.7 Å². The van der Waals surface area contributed by atoms with Crippen molar-refractivity contribution in [1.29, 1.82) is 0 Å². The van der Waals surface area contributed by atoms with E-state index in [-0.39, 0.29) is 11.7 Å². The summed E-state index contributed by atoms with van der Waals surface area (Å²) in [6.07, 6.45) is 2.58. The fourth-order valence-corrected chi connectivity index (χ4v) is 5.76. The lowest BCUT2D eigenvalue weighted by Crippen LogP contribution is -2.52. The molecule has 43 heavy (non-hydrogen) atoms. The second-order valence-corrected chi connectivity index (χ2v) is 11.0. The molecule has 1 fully saturated rings. The van der Waals surface area contributed by atoms with Crippen molar-refractivity contribution in [2.75, 3.05) is 19.7 Å². The number of rotatable bonds is 11. The SMILES string of the molecule is CCOc1cc2c(cc1CN1CCC(NC(C)=O)(c3ccccc3F)CC1)CCC2.O=C(O)CC(O)(CC(=O)O)C(=O)O. The Kier molecular flexibility index (Phi) is 11.2. The van der Waals surface area contributed by atoms with Crippen molar-refractivity contribution >= 4 is 23.8 Å². The maximum Gasteiger partial charge on any atom is 0.336 e. The molecule has 234 valence electrons. The molecule has 0 spiro atoms. The third-order valence-electron chi connectivity index (χ3n) is 7.77. The van der Waals surface area contributed by atoms with E-state index in [0.29, 0.717) is 25.0 Å². The van der Waals surface area contributed by atoms with E-state index in [4.69, 9.17) is 25.2 Å². The largest absolute Gasteiger partial charge is 0.494 e. The summed E-state index contributed by atoms with van der Waals surface area (Å²) in [5.74, 6) is -4.40. The van der Waals surface area contributed by atoms with E-state index in [9.17, 15) is 23.6 Å². The van der Waals surface area contributed by atoms with Gasteiger partial charge in [-0.15, -0.1) is 0 Å². The van der Waals surface area contributed by atoms with Gasteiger partial charge in [0.1, 0.15) is 11.6 Å². The van der Waals surface area contributed by atoms with Crippen LogP contribution in [0.5, 0.6) is 5.75 Å². The van der Waals surface area contributed by atoms with Crippen LogP contribution in [0.25, 0.3) is 0 Å². The van der Waals surface area contributed by atoms with Gasteiger partial charge in [-0.1, -0.05) is 24.3 Å². The van der Waals surface area contributed by atoms with Crippen LogP contribution in [0.2, 0.25) is 0 Å². The summed E-state index contributed by atoms with van der Waals surface area (Å²) in [5, 5.41) is 36.9. The molecule has 0 unspecified atom stereocenters. The maximum absolute atomic E-state index is 14.6. The van der Waals surface area contributed by atoms with Gasteiger partial charge < -0.3 is 30.5 Å². The van der Waals surface area contributed by atoms with Crippen LogP contribution in [0.3, 0.4) is 0 Å². The second-order valence-electron chi connectivity index (χ2n) is 11.0. The van der Waals surface area contributed by atoms with E-state index >= 15 is 0 Å². The first kappa shape index (κ1) is 33.5. The molecule has 0 bridgehead atoms. The molecule has 0 radical (unpaired) electrons. The molecule has 0 aromatic heterocycles. The highest BCUT2D eigenvalue weighted by Gasteiger charge is 2.41. The van der Waals surface area contributed by atoms with Gasteiger partial charge in [-0.05, 0) is 62.3 Å². The van der Waals surface area contributed by atoms with Crippen molar-refractivity contribution in [3.63, 3.8) is 0 Å². The van der Waals surface area contributed by atoms with E-state index in [2.05, 4.69) is 22.3 Å². The Morgan fingerprint density at radius 3 is 2.09 bits per heavy atom. The highest BCUT2D eigenvalue weighted by Crippen LogP contribution is 2.36. The minimum absolute atomic E-state index is 0.121. The molecule has 0 saturated carbocycles. The Morgan fingerprint density at radius 1 is 1.00 bits per heavy atom. The number of carbonyl (C=O) groups is 4. The highest BCUT2D eigenvalue weighted by molar-refractivity contribution is 5.88. The molecule has 1 saturated heterocycles. The molecule has 5 N–H and O–H groups in total. The van der Waals surface area contributed by atoms with Crippen molar-refractivity contribution in [3.05, 3.63) is 64.5 Å². The van der Waals surface area contributed by atoms with Crippen molar-refractivity contribution in [2.24, 2.45) is 0 Å². The van der Waals surface area contributed by atoms with Crippen LogP contribution in [-0.2, 0) is 44.1 Å². The molecule has 1 aliphatic carbocycles. The normalized spacial score (nSPS) is 15.9. The number of aliphatic carboxylic acids is 3. The Labute approximate surface area is 249 Å². The minimum atomic E-state index is -2.74. The zero-order chi connectivity index (χ0) is 31.8. The standard InChI is InChI=1S/C25H31FN2O2.C6H8O7/c1-3-30-24-16-20-8-6-7-19(20)15-21(24)17-28-13-11-25(12-14-28,27-18(2)29)22-9-4-5-10-23(22)26;7-3(8)1-6(13,5(11)12)2-4(9)10/h4-5,9-10,15-16H,3,6-8,11-14,17H2,1-2H3,(H,27,29);13H,1-2H2,(H,7,8)(H,9,10)(H,11,12). The van der Waals surface area contributed by atoms with Crippen LogP contribution in [0.4, 0.5) is 4.39 Å². The zero-order valence-electron chi connectivity index (χ0n) is 24.4. The summed E-state index contributed by atoms with van der Waals surface area (Å²) >= 11 is 0. The van der Waals surface area contributed by atoms with Gasteiger partial charge in [-0.2, -0.15) is 0 Å². The number of aryl methyl sites for hydroxylation is 2. The molecule has 2 aliphatic rings. The number of hydrogen-bond acceptors (Lipinski definition) is 7. The van der Waals surface area contributed by atoms with E-state index in [1.54, 1.807) is 12.1 Å². The van der Waals surface area contributed by atoms with Gasteiger partial charge in [0.25, 0.3) is 0 Å². The number of piperidine rings is 1. The molecule has 2 aromatic carbocycles. The number of fused-ring (bicyclic) bond motifs is 1. The number of carboxylic acid groups (broad SMARTS) is 3. The van der Waals surface area contributed by atoms with Gasteiger partial charge in [-0.25, -0.2) is 9.18 Å². The quantitative estimate of drug-likeness (QED) is 0.257. The number of likely N-dealkylation sites (tertiary alicyclic amines) is 1. The predicted octanol–water partition coefficient (Wildman–Crippen LogP) is 3.09. The van der Waals surface area contributed by atoms with Crippen molar-refractivity contribution < 1.29 is 48.7 Å². The fourth-order valence-electron chi connectivity index (χ4n) is 5.76. The number of nitrogens with one attached hydrogen (secondary N) is 1.